The van der Waals surface area contributed by atoms with Crippen LogP contribution in [0.15, 0.2) is 12.4 Å². The van der Waals surface area contributed by atoms with Gasteiger partial charge < -0.3 is 14.8 Å². The summed E-state index contributed by atoms with van der Waals surface area (Å²) in [5.74, 6) is 0.471. The van der Waals surface area contributed by atoms with Crippen molar-refractivity contribution < 1.29 is 14.3 Å². The Labute approximate surface area is 107 Å². The molecule has 6 nitrogen and oxygen atoms in total. The van der Waals surface area contributed by atoms with E-state index in [0.29, 0.717) is 18.9 Å². The SMILES string of the molecule is COCCCNC(=O)COc1cnn(C(C)C)c1. The Balaban J connectivity index is 2.21. The molecule has 0 aliphatic rings. The fourth-order valence-corrected chi connectivity index (χ4v) is 1.32. The largest absolute Gasteiger partial charge is 0.480 e. The van der Waals surface area contributed by atoms with Crippen LogP contribution in [0.5, 0.6) is 5.75 Å². The van der Waals surface area contributed by atoms with E-state index in [1.165, 1.54) is 0 Å². The van der Waals surface area contributed by atoms with E-state index in [1.807, 2.05) is 13.8 Å². The van der Waals surface area contributed by atoms with Gasteiger partial charge in [0.15, 0.2) is 12.4 Å². The van der Waals surface area contributed by atoms with Crippen molar-refractivity contribution in [2.24, 2.45) is 0 Å². The van der Waals surface area contributed by atoms with Crippen molar-refractivity contribution >= 4 is 5.91 Å². The summed E-state index contributed by atoms with van der Waals surface area (Å²) in [6.07, 6.45) is 4.19. The molecule has 0 bridgehead atoms. The quantitative estimate of drug-likeness (QED) is 0.704. The van der Waals surface area contributed by atoms with Gasteiger partial charge >= 0.3 is 0 Å². The predicted octanol–water partition coefficient (Wildman–Crippen LogP) is 0.995. The Bertz CT molecular complexity index is 363. The van der Waals surface area contributed by atoms with Gasteiger partial charge in [-0.2, -0.15) is 5.10 Å². The van der Waals surface area contributed by atoms with Crippen LogP contribution in [0, 0.1) is 0 Å². The summed E-state index contributed by atoms with van der Waals surface area (Å²) in [6.45, 7) is 5.30. The van der Waals surface area contributed by atoms with Gasteiger partial charge in [-0.3, -0.25) is 9.48 Å². The average molecular weight is 255 g/mol. The van der Waals surface area contributed by atoms with Crippen LogP contribution in [-0.4, -0.2) is 42.6 Å². The van der Waals surface area contributed by atoms with E-state index in [1.54, 1.807) is 24.2 Å². The number of ether oxygens (including phenoxy) is 2. The van der Waals surface area contributed by atoms with Crippen molar-refractivity contribution in [2.75, 3.05) is 26.9 Å². The molecule has 0 spiro atoms. The lowest BCUT2D eigenvalue weighted by Crippen LogP contribution is -2.30. The second-order valence-electron chi connectivity index (χ2n) is 4.23. The lowest BCUT2D eigenvalue weighted by molar-refractivity contribution is -0.123. The van der Waals surface area contributed by atoms with E-state index in [2.05, 4.69) is 10.4 Å². The van der Waals surface area contributed by atoms with Gasteiger partial charge in [0.25, 0.3) is 5.91 Å². The zero-order chi connectivity index (χ0) is 13.4. The summed E-state index contributed by atoms with van der Waals surface area (Å²) < 4.78 is 12.0. The highest BCUT2D eigenvalue weighted by atomic mass is 16.5. The summed E-state index contributed by atoms with van der Waals surface area (Å²) in [5.41, 5.74) is 0. The first-order chi connectivity index (χ1) is 8.63. The van der Waals surface area contributed by atoms with Crippen LogP contribution in [0.1, 0.15) is 26.3 Å². The second kappa shape index (κ2) is 7.71. The van der Waals surface area contributed by atoms with Gasteiger partial charge in [0.05, 0.1) is 12.4 Å². The molecule has 1 N–H and O–H groups in total. The number of rotatable bonds is 8. The third-order valence-corrected chi connectivity index (χ3v) is 2.32. The van der Waals surface area contributed by atoms with Gasteiger partial charge in [-0.1, -0.05) is 0 Å². The third kappa shape index (κ3) is 5.18. The Morgan fingerprint density at radius 1 is 1.56 bits per heavy atom. The van der Waals surface area contributed by atoms with Crippen molar-refractivity contribution in [1.29, 1.82) is 0 Å². The van der Waals surface area contributed by atoms with Gasteiger partial charge in [-0.25, -0.2) is 0 Å². The molecule has 6 heteroatoms. The number of nitrogens with zero attached hydrogens (tertiary/aromatic N) is 2. The van der Waals surface area contributed by atoms with Crippen molar-refractivity contribution in [3.63, 3.8) is 0 Å². The second-order valence-corrected chi connectivity index (χ2v) is 4.23. The van der Waals surface area contributed by atoms with E-state index in [0.717, 1.165) is 6.42 Å². The fourth-order valence-electron chi connectivity index (χ4n) is 1.32. The van der Waals surface area contributed by atoms with Gasteiger partial charge in [0.2, 0.25) is 0 Å². The summed E-state index contributed by atoms with van der Waals surface area (Å²) in [7, 11) is 1.64. The number of methoxy groups -OCH3 is 1. The van der Waals surface area contributed by atoms with E-state index in [-0.39, 0.29) is 18.6 Å². The molecule has 1 heterocycles. The van der Waals surface area contributed by atoms with E-state index in [9.17, 15) is 4.79 Å². The Hall–Kier alpha value is -1.56. The number of hydrogen-bond donors (Lipinski definition) is 1. The molecular formula is C12H21N3O3. The molecule has 1 amide bonds. The fraction of sp³-hybridized carbons (Fsp3) is 0.667. The van der Waals surface area contributed by atoms with Gasteiger partial charge in [0, 0.05) is 26.3 Å². The molecule has 1 rings (SSSR count). The van der Waals surface area contributed by atoms with Crippen LogP contribution in [-0.2, 0) is 9.53 Å². The van der Waals surface area contributed by atoms with Gasteiger partial charge in [-0.15, -0.1) is 0 Å². The topological polar surface area (TPSA) is 65.4 Å². The molecule has 0 fully saturated rings. The highest BCUT2D eigenvalue weighted by molar-refractivity contribution is 5.77. The summed E-state index contributed by atoms with van der Waals surface area (Å²) in [5, 5.41) is 6.87. The molecule has 0 atom stereocenters. The van der Waals surface area contributed by atoms with Crippen molar-refractivity contribution in [3.8, 4) is 5.75 Å². The van der Waals surface area contributed by atoms with Crippen LogP contribution >= 0.6 is 0 Å². The molecular weight excluding hydrogens is 234 g/mol. The molecule has 0 radical (unpaired) electrons. The summed E-state index contributed by atoms with van der Waals surface area (Å²) in [6, 6.07) is 0.283. The minimum Gasteiger partial charge on any atom is -0.480 e. The number of hydrogen-bond acceptors (Lipinski definition) is 4. The van der Waals surface area contributed by atoms with Crippen molar-refractivity contribution in [1.82, 2.24) is 15.1 Å². The Morgan fingerprint density at radius 3 is 2.94 bits per heavy atom. The number of carbonyl (C=O) groups is 1. The molecule has 0 aliphatic carbocycles. The molecule has 18 heavy (non-hydrogen) atoms. The van der Waals surface area contributed by atoms with Crippen LogP contribution in [0.3, 0.4) is 0 Å². The molecule has 1 aromatic rings. The van der Waals surface area contributed by atoms with Gasteiger partial charge in [0.1, 0.15) is 0 Å². The molecule has 0 aromatic carbocycles. The van der Waals surface area contributed by atoms with Gasteiger partial charge in [-0.05, 0) is 20.3 Å². The maximum Gasteiger partial charge on any atom is 0.257 e. The summed E-state index contributed by atoms with van der Waals surface area (Å²) in [4.78, 5) is 11.4. The minimum atomic E-state index is -0.136. The predicted molar refractivity (Wildman–Crippen MR) is 67.6 cm³/mol. The molecule has 0 saturated heterocycles. The lowest BCUT2D eigenvalue weighted by Gasteiger charge is -2.06. The van der Waals surface area contributed by atoms with Crippen LogP contribution in [0.25, 0.3) is 0 Å². The molecule has 0 unspecified atom stereocenters. The first-order valence-corrected chi connectivity index (χ1v) is 6.06. The van der Waals surface area contributed by atoms with Crippen LogP contribution < -0.4 is 10.1 Å². The smallest absolute Gasteiger partial charge is 0.257 e. The maximum absolute atomic E-state index is 11.4. The Morgan fingerprint density at radius 2 is 2.33 bits per heavy atom. The zero-order valence-electron chi connectivity index (χ0n) is 11.2. The molecule has 0 saturated carbocycles. The number of nitrogens with one attached hydrogen (secondary N) is 1. The van der Waals surface area contributed by atoms with E-state index >= 15 is 0 Å². The average Bonchev–Trinajstić information content (AvgIpc) is 2.81. The highest BCUT2D eigenvalue weighted by Crippen LogP contribution is 2.11. The van der Waals surface area contributed by atoms with Crippen LogP contribution in [0.2, 0.25) is 0 Å². The zero-order valence-corrected chi connectivity index (χ0v) is 11.2. The number of aromatic nitrogens is 2. The van der Waals surface area contributed by atoms with Crippen molar-refractivity contribution in [3.05, 3.63) is 12.4 Å². The monoisotopic (exact) mass is 255 g/mol. The van der Waals surface area contributed by atoms with E-state index < -0.39 is 0 Å². The first-order valence-electron chi connectivity index (χ1n) is 6.06. The standard InChI is InChI=1S/C12H21N3O3/c1-10(2)15-8-11(7-14-15)18-9-12(16)13-5-4-6-17-3/h7-8,10H,4-6,9H2,1-3H3,(H,13,16). The third-order valence-electron chi connectivity index (χ3n) is 2.32. The van der Waals surface area contributed by atoms with Crippen molar-refractivity contribution in [2.45, 2.75) is 26.3 Å². The minimum absolute atomic E-state index is 0.0107. The normalized spacial score (nSPS) is 10.7. The number of carbonyl (C=O) groups excluding carboxylic acids is 1. The number of amides is 1. The highest BCUT2D eigenvalue weighted by Gasteiger charge is 2.05. The molecule has 1 aromatic heterocycles. The van der Waals surface area contributed by atoms with Crippen LogP contribution in [0.4, 0.5) is 0 Å². The molecule has 102 valence electrons. The Kier molecular flexibility index (Phi) is 6.21. The van der Waals surface area contributed by atoms with E-state index in [4.69, 9.17) is 9.47 Å². The lowest BCUT2D eigenvalue weighted by atomic mass is 10.4. The maximum atomic E-state index is 11.4. The summed E-state index contributed by atoms with van der Waals surface area (Å²) >= 11 is 0. The first kappa shape index (κ1) is 14.5. The molecule has 0 aliphatic heterocycles.